The van der Waals surface area contributed by atoms with Crippen molar-refractivity contribution in [3.8, 4) is 11.5 Å². The van der Waals surface area contributed by atoms with Gasteiger partial charge < -0.3 is 14.2 Å². The van der Waals surface area contributed by atoms with E-state index in [1.807, 2.05) is 30.3 Å². The van der Waals surface area contributed by atoms with Gasteiger partial charge in [-0.15, -0.1) is 5.10 Å². The SMILES string of the molecule is COc1ccc(C(=O)COC(=O)[C@@H](Cc2ccccc2)n2cnnn2)c(OC)c1. The number of esters is 1. The molecular formula is C20H20N4O5. The molecule has 150 valence electrons. The number of tetrazole rings is 1. The minimum absolute atomic E-state index is 0.295. The molecule has 0 aliphatic heterocycles. The summed E-state index contributed by atoms with van der Waals surface area (Å²) in [5.41, 5.74) is 1.20. The molecule has 1 aromatic heterocycles. The topological polar surface area (TPSA) is 105 Å². The van der Waals surface area contributed by atoms with Crippen molar-refractivity contribution in [1.29, 1.82) is 0 Å². The van der Waals surface area contributed by atoms with Gasteiger partial charge in [-0.25, -0.2) is 9.48 Å². The largest absolute Gasteiger partial charge is 0.497 e. The Morgan fingerprint density at radius 1 is 1.07 bits per heavy atom. The Kier molecular flexibility index (Phi) is 6.51. The molecule has 0 bridgehead atoms. The molecule has 0 N–H and O–H groups in total. The molecule has 2 aromatic carbocycles. The van der Waals surface area contributed by atoms with Crippen LogP contribution in [0.5, 0.6) is 11.5 Å². The first kappa shape index (κ1) is 20.0. The lowest BCUT2D eigenvalue weighted by atomic mass is 10.1. The number of hydrogen-bond acceptors (Lipinski definition) is 8. The Bertz CT molecular complexity index is 960. The van der Waals surface area contributed by atoms with E-state index in [2.05, 4.69) is 15.5 Å². The molecule has 0 aliphatic carbocycles. The summed E-state index contributed by atoms with van der Waals surface area (Å²) in [4.78, 5) is 25.2. The van der Waals surface area contributed by atoms with Crippen LogP contribution >= 0.6 is 0 Å². The number of ether oxygens (including phenoxy) is 3. The number of methoxy groups -OCH3 is 2. The van der Waals surface area contributed by atoms with Gasteiger partial charge >= 0.3 is 5.97 Å². The molecule has 0 radical (unpaired) electrons. The van der Waals surface area contributed by atoms with Gasteiger partial charge in [0, 0.05) is 12.5 Å². The molecule has 0 aliphatic rings. The molecule has 3 rings (SSSR count). The Labute approximate surface area is 167 Å². The van der Waals surface area contributed by atoms with Crippen LogP contribution in [0, 0.1) is 0 Å². The first-order valence-corrected chi connectivity index (χ1v) is 8.80. The second-order valence-electron chi connectivity index (χ2n) is 6.09. The highest BCUT2D eigenvalue weighted by molar-refractivity contribution is 6.00. The smallest absolute Gasteiger partial charge is 0.331 e. The van der Waals surface area contributed by atoms with Crippen molar-refractivity contribution in [2.24, 2.45) is 0 Å². The summed E-state index contributed by atoms with van der Waals surface area (Å²) >= 11 is 0. The van der Waals surface area contributed by atoms with E-state index in [9.17, 15) is 9.59 Å². The van der Waals surface area contributed by atoms with Crippen molar-refractivity contribution in [3.05, 3.63) is 66.0 Å². The van der Waals surface area contributed by atoms with Gasteiger partial charge in [0.1, 0.15) is 17.8 Å². The summed E-state index contributed by atoms with van der Waals surface area (Å²) < 4.78 is 16.9. The zero-order valence-corrected chi connectivity index (χ0v) is 16.0. The molecule has 9 heteroatoms. The van der Waals surface area contributed by atoms with Crippen LogP contribution in [-0.2, 0) is 16.0 Å². The van der Waals surface area contributed by atoms with Gasteiger partial charge in [0.25, 0.3) is 0 Å². The maximum atomic E-state index is 12.7. The van der Waals surface area contributed by atoms with E-state index < -0.39 is 24.4 Å². The number of rotatable bonds is 9. The highest BCUT2D eigenvalue weighted by Gasteiger charge is 2.25. The third-order valence-electron chi connectivity index (χ3n) is 4.28. The van der Waals surface area contributed by atoms with Crippen LogP contribution in [0.2, 0.25) is 0 Å². The average molecular weight is 396 g/mol. The van der Waals surface area contributed by atoms with Crippen LogP contribution in [0.1, 0.15) is 22.0 Å². The maximum Gasteiger partial charge on any atom is 0.331 e. The van der Waals surface area contributed by atoms with Crippen LogP contribution in [0.3, 0.4) is 0 Å². The van der Waals surface area contributed by atoms with Crippen molar-refractivity contribution < 1.29 is 23.8 Å². The predicted octanol–water partition coefficient (Wildman–Crippen LogP) is 1.90. The van der Waals surface area contributed by atoms with Gasteiger partial charge in [0.2, 0.25) is 5.78 Å². The molecule has 0 saturated heterocycles. The monoisotopic (exact) mass is 396 g/mol. The predicted molar refractivity (Wildman–Crippen MR) is 102 cm³/mol. The number of benzene rings is 2. The maximum absolute atomic E-state index is 12.7. The highest BCUT2D eigenvalue weighted by Crippen LogP contribution is 2.25. The summed E-state index contributed by atoms with van der Waals surface area (Å²) in [6.07, 6.45) is 1.66. The number of Topliss-reactive ketones (excluding diaryl/α,β-unsaturated/α-hetero) is 1. The lowest BCUT2D eigenvalue weighted by Crippen LogP contribution is -2.27. The Hall–Kier alpha value is -3.75. The van der Waals surface area contributed by atoms with Crippen molar-refractivity contribution in [2.75, 3.05) is 20.8 Å². The van der Waals surface area contributed by atoms with Gasteiger partial charge in [-0.1, -0.05) is 30.3 Å². The fraction of sp³-hybridized carbons (Fsp3) is 0.250. The first-order chi connectivity index (χ1) is 14.1. The number of carbonyl (C=O) groups is 2. The van der Waals surface area contributed by atoms with Gasteiger partial charge in [0.15, 0.2) is 12.6 Å². The van der Waals surface area contributed by atoms with E-state index in [0.29, 0.717) is 23.5 Å². The van der Waals surface area contributed by atoms with Gasteiger partial charge in [0.05, 0.1) is 19.8 Å². The van der Waals surface area contributed by atoms with Crippen LogP contribution in [0.25, 0.3) is 0 Å². The van der Waals surface area contributed by atoms with Gasteiger partial charge in [-0.3, -0.25) is 4.79 Å². The Morgan fingerprint density at radius 2 is 1.86 bits per heavy atom. The normalized spacial score (nSPS) is 11.5. The van der Waals surface area contributed by atoms with Crippen LogP contribution in [0.4, 0.5) is 0 Å². The zero-order valence-electron chi connectivity index (χ0n) is 16.0. The lowest BCUT2D eigenvalue weighted by Gasteiger charge is -2.16. The summed E-state index contributed by atoms with van der Waals surface area (Å²) in [5, 5.41) is 11.0. The van der Waals surface area contributed by atoms with E-state index >= 15 is 0 Å². The molecule has 0 spiro atoms. The van der Waals surface area contributed by atoms with Gasteiger partial charge in [-0.05, 0) is 28.1 Å². The minimum atomic E-state index is -0.794. The van der Waals surface area contributed by atoms with E-state index in [-0.39, 0.29) is 0 Å². The number of hydrogen-bond donors (Lipinski definition) is 0. The second kappa shape index (κ2) is 9.45. The highest BCUT2D eigenvalue weighted by atomic mass is 16.5. The molecule has 0 saturated carbocycles. The van der Waals surface area contributed by atoms with E-state index in [1.165, 1.54) is 25.2 Å². The van der Waals surface area contributed by atoms with E-state index in [4.69, 9.17) is 14.2 Å². The summed E-state index contributed by atoms with van der Waals surface area (Å²) in [5.74, 6) is -0.112. The minimum Gasteiger partial charge on any atom is -0.497 e. The summed E-state index contributed by atoms with van der Waals surface area (Å²) in [6.45, 7) is -0.436. The molecule has 0 unspecified atom stereocenters. The number of nitrogens with zero attached hydrogens (tertiary/aromatic N) is 4. The van der Waals surface area contributed by atoms with Crippen molar-refractivity contribution in [2.45, 2.75) is 12.5 Å². The fourth-order valence-electron chi connectivity index (χ4n) is 2.77. The van der Waals surface area contributed by atoms with Crippen LogP contribution < -0.4 is 9.47 Å². The van der Waals surface area contributed by atoms with E-state index in [0.717, 1.165) is 5.56 Å². The Morgan fingerprint density at radius 3 is 2.52 bits per heavy atom. The standard InChI is InChI=1S/C20H20N4O5/c1-27-15-8-9-16(19(11-15)28-2)18(25)12-29-20(26)17(24-13-21-22-23-24)10-14-6-4-3-5-7-14/h3-9,11,13,17H,10,12H2,1-2H3/t17-/m1/s1. The number of aromatic nitrogens is 4. The molecule has 0 fully saturated rings. The number of ketones is 1. The molecule has 9 nitrogen and oxygen atoms in total. The first-order valence-electron chi connectivity index (χ1n) is 8.80. The van der Waals surface area contributed by atoms with Crippen molar-refractivity contribution >= 4 is 11.8 Å². The van der Waals surface area contributed by atoms with Crippen molar-refractivity contribution in [1.82, 2.24) is 20.2 Å². The van der Waals surface area contributed by atoms with Gasteiger partial charge in [-0.2, -0.15) is 0 Å². The molecule has 1 atom stereocenters. The summed E-state index contributed by atoms with van der Waals surface area (Å²) in [7, 11) is 2.97. The molecule has 29 heavy (non-hydrogen) atoms. The Balaban J connectivity index is 1.71. The van der Waals surface area contributed by atoms with Crippen molar-refractivity contribution in [3.63, 3.8) is 0 Å². The molecule has 1 heterocycles. The lowest BCUT2D eigenvalue weighted by molar-refractivity contribution is -0.146. The van der Waals surface area contributed by atoms with Crippen LogP contribution in [-0.4, -0.2) is 52.8 Å². The average Bonchev–Trinajstić information content (AvgIpc) is 3.30. The zero-order chi connectivity index (χ0) is 20.6. The van der Waals surface area contributed by atoms with Crippen LogP contribution in [0.15, 0.2) is 54.9 Å². The van der Waals surface area contributed by atoms with E-state index in [1.54, 1.807) is 18.2 Å². The fourth-order valence-corrected chi connectivity index (χ4v) is 2.77. The third-order valence-corrected chi connectivity index (χ3v) is 4.28. The summed E-state index contributed by atoms with van der Waals surface area (Å²) in [6, 6.07) is 13.4. The quantitative estimate of drug-likeness (QED) is 0.399. The third kappa shape index (κ3) is 4.95. The molecule has 0 amide bonds. The molecule has 3 aromatic rings. The second-order valence-corrected chi connectivity index (χ2v) is 6.09. The molecular weight excluding hydrogens is 376 g/mol. The number of carbonyl (C=O) groups excluding carboxylic acids is 2.